The van der Waals surface area contributed by atoms with Crippen molar-refractivity contribution >= 4 is 41.0 Å². The van der Waals surface area contributed by atoms with Crippen LogP contribution >= 0.6 is 11.6 Å². The lowest BCUT2D eigenvalue weighted by molar-refractivity contribution is -0.125. The molecule has 1 heterocycles. The van der Waals surface area contributed by atoms with Crippen LogP contribution in [0.4, 0.5) is 10.1 Å². The Balaban J connectivity index is 1.65. The number of nitrogens with one attached hydrogen (secondary N) is 1. The molecule has 0 saturated carbocycles. The first-order valence-electron chi connectivity index (χ1n) is 10.5. The van der Waals surface area contributed by atoms with E-state index < -0.39 is 29.4 Å². The summed E-state index contributed by atoms with van der Waals surface area (Å²) >= 11 is 5.94. The molecule has 11 heteroatoms. The van der Waals surface area contributed by atoms with Crippen LogP contribution in [0.3, 0.4) is 0 Å². The van der Waals surface area contributed by atoms with Gasteiger partial charge in [-0.2, -0.15) is 4.68 Å². The third-order valence-electron chi connectivity index (χ3n) is 5.20. The second-order valence-corrected chi connectivity index (χ2v) is 7.91. The molecule has 1 unspecified atom stereocenters. The Morgan fingerprint density at radius 3 is 2.39 bits per heavy atom. The smallest absolute Gasteiger partial charge is 0.335 e. The third kappa shape index (κ3) is 5.34. The maximum atomic E-state index is 14.9. The maximum Gasteiger partial charge on any atom is 0.335 e. The van der Waals surface area contributed by atoms with Gasteiger partial charge in [0.15, 0.2) is 11.6 Å². The van der Waals surface area contributed by atoms with E-state index in [2.05, 4.69) is 20.8 Å². The first-order chi connectivity index (χ1) is 17.3. The van der Waals surface area contributed by atoms with E-state index in [-0.39, 0.29) is 21.8 Å². The van der Waals surface area contributed by atoms with Crippen molar-refractivity contribution in [3.8, 4) is 5.69 Å². The fraction of sp³-hybridized carbons (Fsp3) is 0.0400. The van der Waals surface area contributed by atoms with Crippen molar-refractivity contribution in [1.29, 1.82) is 0 Å². The van der Waals surface area contributed by atoms with Gasteiger partial charge in [0.2, 0.25) is 5.91 Å². The highest BCUT2D eigenvalue weighted by Crippen LogP contribution is 2.27. The van der Waals surface area contributed by atoms with E-state index in [1.165, 1.54) is 53.5 Å². The molecule has 0 radical (unpaired) electrons. The summed E-state index contributed by atoms with van der Waals surface area (Å²) in [6, 6.07) is 16.7. The number of hydrogen-bond acceptors (Lipinski definition) is 6. The number of ketones is 1. The Kier molecular flexibility index (Phi) is 7.26. The van der Waals surface area contributed by atoms with E-state index in [0.717, 1.165) is 6.08 Å². The minimum Gasteiger partial charge on any atom is -0.478 e. The summed E-state index contributed by atoms with van der Waals surface area (Å²) in [5.74, 6) is -4.42. The summed E-state index contributed by atoms with van der Waals surface area (Å²) in [6.07, 6.45) is 3.57. The fourth-order valence-corrected chi connectivity index (χ4v) is 3.61. The molecule has 0 saturated heterocycles. The zero-order valence-corrected chi connectivity index (χ0v) is 19.1. The Bertz CT molecular complexity index is 1440. The Morgan fingerprint density at radius 2 is 1.75 bits per heavy atom. The molecular weight excluding hydrogens is 489 g/mol. The van der Waals surface area contributed by atoms with E-state index in [0.29, 0.717) is 11.3 Å². The van der Waals surface area contributed by atoms with Crippen LogP contribution in [0.2, 0.25) is 5.02 Å². The molecular formula is C25H17ClFN5O4. The maximum absolute atomic E-state index is 14.9. The first-order valence-corrected chi connectivity index (χ1v) is 10.9. The highest BCUT2D eigenvalue weighted by Gasteiger charge is 2.27. The molecule has 0 bridgehead atoms. The average Bonchev–Trinajstić information content (AvgIpc) is 3.41. The van der Waals surface area contributed by atoms with E-state index in [4.69, 9.17) is 16.7 Å². The monoisotopic (exact) mass is 505 g/mol. The van der Waals surface area contributed by atoms with Crippen LogP contribution < -0.4 is 5.32 Å². The van der Waals surface area contributed by atoms with E-state index >= 15 is 0 Å². The minimum atomic E-state index is -1.26. The number of aromatic carboxylic acids is 1. The molecule has 0 aliphatic carbocycles. The first kappa shape index (κ1) is 24.4. The van der Waals surface area contributed by atoms with Crippen LogP contribution in [-0.4, -0.2) is 43.0 Å². The van der Waals surface area contributed by atoms with Crippen LogP contribution in [0.5, 0.6) is 0 Å². The van der Waals surface area contributed by atoms with E-state index in [1.54, 1.807) is 30.3 Å². The predicted octanol–water partition coefficient (Wildman–Crippen LogP) is 4.16. The van der Waals surface area contributed by atoms with Crippen LogP contribution in [0.1, 0.15) is 27.4 Å². The highest BCUT2D eigenvalue weighted by molar-refractivity contribution is 6.31. The van der Waals surface area contributed by atoms with Crippen LogP contribution in [0, 0.1) is 5.82 Å². The molecule has 0 spiro atoms. The molecule has 4 rings (SSSR count). The van der Waals surface area contributed by atoms with Crippen LogP contribution in [0.25, 0.3) is 11.8 Å². The summed E-state index contributed by atoms with van der Waals surface area (Å²) in [4.78, 5) is 37.5. The SMILES string of the molecule is O=C(O)c1ccc(NC(=O)C(C(=O)C=Cc2c(-n3cnnn3)ccc(Cl)c2F)c2ccccc2)cc1. The van der Waals surface area contributed by atoms with Gasteiger partial charge in [-0.15, -0.1) is 5.10 Å². The summed E-state index contributed by atoms with van der Waals surface area (Å²) in [6.45, 7) is 0. The number of rotatable bonds is 8. The van der Waals surface area contributed by atoms with Crippen molar-refractivity contribution in [2.45, 2.75) is 5.92 Å². The zero-order valence-electron chi connectivity index (χ0n) is 18.4. The van der Waals surface area contributed by atoms with E-state index in [1.807, 2.05) is 0 Å². The summed E-state index contributed by atoms with van der Waals surface area (Å²) in [5.41, 5.74) is 0.974. The Morgan fingerprint density at radius 1 is 1.03 bits per heavy atom. The largest absolute Gasteiger partial charge is 0.478 e. The highest BCUT2D eigenvalue weighted by atomic mass is 35.5. The number of nitrogens with zero attached hydrogens (tertiary/aromatic N) is 4. The Hall–Kier alpha value is -4.70. The summed E-state index contributed by atoms with van der Waals surface area (Å²) in [5, 5.41) is 22.3. The Labute approximate surface area is 208 Å². The fourth-order valence-electron chi connectivity index (χ4n) is 3.45. The molecule has 180 valence electrons. The van der Waals surface area contributed by atoms with Crippen molar-refractivity contribution in [2.75, 3.05) is 5.32 Å². The lowest BCUT2D eigenvalue weighted by Crippen LogP contribution is -2.27. The number of carboxylic acid groups (broad SMARTS) is 1. The van der Waals surface area contributed by atoms with Crippen molar-refractivity contribution in [2.24, 2.45) is 0 Å². The van der Waals surface area contributed by atoms with Gasteiger partial charge >= 0.3 is 5.97 Å². The number of hydrogen-bond donors (Lipinski definition) is 2. The number of anilines is 1. The molecule has 3 aromatic carbocycles. The number of benzene rings is 3. The molecule has 0 fully saturated rings. The normalized spacial score (nSPS) is 11.8. The summed E-state index contributed by atoms with van der Waals surface area (Å²) < 4.78 is 16.1. The number of halogens is 2. The molecule has 36 heavy (non-hydrogen) atoms. The van der Waals surface area contributed by atoms with Crippen molar-refractivity contribution in [1.82, 2.24) is 20.2 Å². The molecule has 2 N–H and O–H groups in total. The van der Waals surface area contributed by atoms with Gasteiger partial charge in [0.25, 0.3) is 0 Å². The van der Waals surface area contributed by atoms with Gasteiger partial charge in [0.05, 0.1) is 16.3 Å². The second kappa shape index (κ2) is 10.7. The topological polar surface area (TPSA) is 127 Å². The molecule has 1 amide bonds. The second-order valence-electron chi connectivity index (χ2n) is 7.50. The third-order valence-corrected chi connectivity index (χ3v) is 5.49. The number of carboxylic acids is 1. The number of amides is 1. The average molecular weight is 506 g/mol. The number of carbonyl (C=O) groups excluding carboxylic acids is 2. The van der Waals surface area contributed by atoms with Gasteiger partial charge in [0, 0.05) is 11.3 Å². The molecule has 4 aromatic rings. The van der Waals surface area contributed by atoms with E-state index in [9.17, 15) is 18.8 Å². The predicted molar refractivity (Wildman–Crippen MR) is 129 cm³/mol. The molecule has 0 aliphatic rings. The standard InChI is InChI=1S/C25H17ClFN5O4/c26-19-11-12-20(32-14-28-30-31-32)18(23(19)27)10-13-21(33)22(15-4-2-1-3-5-15)24(34)29-17-8-6-16(7-9-17)25(35)36/h1-14,22H,(H,29,34)(H,35,36). The quantitative estimate of drug-likeness (QED) is 0.272. The number of allylic oxidation sites excluding steroid dienone is 1. The van der Waals surface area contributed by atoms with Gasteiger partial charge in [-0.05, 0) is 64.5 Å². The van der Waals surface area contributed by atoms with Gasteiger partial charge in [-0.25, -0.2) is 9.18 Å². The number of aromatic nitrogens is 4. The lowest BCUT2D eigenvalue weighted by Gasteiger charge is -2.15. The number of tetrazole rings is 1. The summed E-state index contributed by atoms with van der Waals surface area (Å²) in [7, 11) is 0. The van der Waals surface area contributed by atoms with Crippen molar-refractivity contribution < 1.29 is 23.9 Å². The number of carbonyl (C=O) groups is 3. The van der Waals surface area contributed by atoms with Crippen molar-refractivity contribution in [3.63, 3.8) is 0 Å². The minimum absolute atomic E-state index is 0.0420. The zero-order chi connectivity index (χ0) is 25.7. The van der Waals surface area contributed by atoms with Gasteiger partial charge in [0.1, 0.15) is 12.2 Å². The van der Waals surface area contributed by atoms with Crippen LogP contribution in [-0.2, 0) is 9.59 Å². The molecule has 1 atom stereocenters. The molecule has 0 aliphatic heterocycles. The van der Waals surface area contributed by atoms with Crippen molar-refractivity contribution in [3.05, 3.63) is 107 Å². The van der Waals surface area contributed by atoms with Gasteiger partial charge in [-0.1, -0.05) is 41.9 Å². The molecule has 9 nitrogen and oxygen atoms in total. The van der Waals surface area contributed by atoms with Gasteiger partial charge in [-0.3, -0.25) is 9.59 Å². The lowest BCUT2D eigenvalue weighted by atomic mass is 9.92. The van der Waals surface area contributed by atoms with Gasteiger partial charge < -0.3 is 10.4 Å². The van der Waals surface area contributed by atoms with Crippen LogP contribution in [0.15, 0.2) is 79.1 Å². The molecule has 1 aromatic heterocycles.